The van der Waals surface area contributed by atoms with Crippen LogP contribution in [0.4, 0.5) is 0 Å². The zero-order chi connectivity index (χ0) is 13.0. The molecule has 1 aromatic carbocycles. The van der Waals surface area contributed by atoms with Crippen molar-refractivity contribution in [1.29, 1.82) is 0 Å². The summed E-state index contributed by atoms with van der Waals surface area (Å²) in [4.78, 5) is 14.9. The van der Waals surface area contributed by atoms with Crippen LogP contribution in [0.15, 0.2) is 30.5 Å². The average molecular weight is 284 g/mol. The largest absolute Gasteiger partial charge is 0.493 e. The minimum atomic E-state index is -0.950. The molecule has 94 valence electrons. The Morgan fingerprint density at radius 3 is 3.00 bits per heavy atom. The summed E-state index contributed by atoms with van der Waals surface area (Å²) in [6, 6.07) is 7.13. The molecule has 4 nitrogen and oxygen atoms in total. The lowest BCUT2D eigenvalue weighted by Crippen LogP contribution is -2.00. The van der Waals surface area contributed by atoms with Crippen molar-refractivity contribution in [1.82, 2.24) is 4.98 Å². The molecule has 0 amide bonds. The number of hydrogen-bond donors (Lipinski definition) is 1. The van der Waals surface area contributed by atoms with Crippen molar-refractivity contribution >= 4 is 28.9 Å². The van der Waals surface area contributed by atoms with Crippen molar-refractivity contribution in [3.63, 3.8) is 0 Å². The Kier molecular flexibility index (Phi) is 4.17. The third-order valence-corrected chi connectivity index (χ3v) is 3.43. The van der Waals surface area contributed by atoms with E-state index in [1.165, 1.54) is 6.20 Å². The van der Waals surface area contributed by atoms with Gasteiger partial charge in [0.15, 0.2) is 0 Å². The standard InChI is InChI=1S/C12H10ClNO3S/c13-8-2-1-3-9(6-8)17-5-4-11-14-7-10(18-11)12(15)16/h1-3,6-7H,4-5H2,(H,15,16). The highest BCUT2D eigenvalue weighted by Crippen LogP contribution is 2.18. The Morgan fingerprint density at radius 1 is 1.50 bits per heavy atom. The molecule has 2 rings (SSSR count). The maximum atomic E-state index is 10.7. The number of carbonyl (C=O) groups is 1. The molecule has 0 fully saturated rings. The molecule has 1 N–H and O–H groups in total. The van der Waals surface area contributed by atoms with Crippen LogP contribution in [0.3, 0.4) is 0 Å². The molecule has 0 saturated carbocycles. The van der Waals surface area contributed by atoms with E-state index >= 15 is 0 Å². The summed E-state index contributed by atoms with van der Waals surface area (Å²) >= 11 is 6.99. The smallest absolute Gasteiger partial charge is 0.347 e. The van der Waals surface area contributed by atoms with Crippen LogP contribution >= 0.6 is 22.9 Å². The van der Waals surface area contributed by atoms with E-state index in [1.807, 2.05) is 12.1 Å². The van der Waals surface area contributed by atoms with Crippen LogP contribution < -0.4 is 4.74 Å². The number of aromatic nitrogens is 1. The number of rotatable bonds is 5. The van der Waals surface area contributed by atoms with E-state index in [0.717, 1.165) is 16.3 Å². The second-order valence-electron chi connectivity index (χ2n) is 3.48. The van der Waals surface area contributed by atoms with Gasteiger partial charge in [0.05, 0.1) is 17.8 Å². The molecule has 0 radical (unpaired) electrons. The van der Waals surface area contributed by atoms with Crippen molar-refractivity contribution in [3.05, 3.63) is 45.4 Å². The van der Waals surface area contributed by atoms with Crippen LogP contribution in [0, 0.1) is 0 Å². The summed E-state index contributed by atoms with van der Waals surface area (Å²) in [5, 5.41) is 10.1. The normalized spacial score (nSPS) is 10.3. The molecule has 0 bridgehead atoms. The number of aromatic carboxylic acids is 1. The lowest BCUT2D eigenvalue weighted by Gasteiger charge is -2.04. The molecule has 2 aromatic rings. The van der Waals surface area contributed by atoms with Crippen LogP contribution in [0.2, 0.25) is 5.02 Å². The van der Waals surface area contributed by atoms with Gasteiger partial charge in [-0.15, -0.1) is 11.3 Å². The number of halogens is 1. The Hall–Kier alpha value is -1.59. The van der Waals surface area contributed by atoms with Gasteiger partial charge in [0.25, 0.3) is 0 Å². The van der Waals surface area contributed by atoms with Crippen molar-refractivity contribution < 1.29 is 14.6 Å². The molecule has 1 heterocycles. The number of carboxylic acids is 1. The minimum Gasteiger partial charge on any atom is -0.493 e. The molecule has 0 aliphatic carbocycles. The fraction of sp³-hybridized carbons (Fsp3) is 0.167. The predicted octanol–water partition coefficient (Wildman–Crippen LogP) is 3.12. The first-order chi connectivity index (χ1) is 8.65. The topological polar surface area (TPSA) is 59.4 Å². The summed E-state index contributed by atoms with van der Waals surface area (Å²) < 4.78 is 5.50. The van der Waals surface area contributed by atoms with Gasteiger partial charge in [-0.1, -0.05) is 17.7 Å². The van der Waals surface area contributed by atoms with E-state index in [-0.39, 0.29) is 4.88 Å². The summed E-state index contributed by atoms with van der Waals surface area (Å²) in [7, 11) is 0. The first-order valence-corrected chi connectivity index (χ1v) is 6.41. The fourth-order valence-electron chi connectivity index (χ4n) is 1.34. The Bertz CT molecular complexity index is 556. The van der Waals surface area contributed by atoms with Gasteiger partial charge in [0, 0.05) is 11.4 Å². The summed E-state index contributed by atoms with van der Waals surface area (Å²) in [6.45, 7) is 0.437. The van der Waals surface area contributed by atoms with Crippen LogP contribution in [-0.4, -0.2) is 22.7 Å². The maximum Gasteiger partial charge on any atom is 0.347 e. The highest BCUT2D eigenvalue weighted by molar-refractivity contribution is 7.13. The van der Waals surface area contributed by atoms with Gasteiger partial charge in [0.2, 0.25) is 0 Å². The molecular weight excluding hydrogens is 274 g/mol. The predicted molar refractivity (Wildman–Crippen MR) is 69.7 cm³/mol. The van der Waals surface area contributed by atoms with Crippen molar-refractivity contribution in [3.8, 4) is 5.75 Å². The number of nitrogens with zero attached hydrogens (tertiary/aromatic N) is 1. The zero-order valence-corrected chi connectivity index (χ0v) is 10.9. The first kappa shape index (κ1) is 12.9. The molecule has 0 atom stereocenters. The third kappa shape index (κ3) is 3.45. The fourth-order valence-corrected chi connectivity index (χ4v) is 2.26. The van der Waals surface area contributed by atoms with Crippen LogP contribution in [-0.2, 0) is 6.42 Å². The van der Waals surface area contributed by atoms with Crippen molar-refractivity contribution in [2.24, 2.45) is 0 Å². The molecule has 0 spiro atoms. The second-order valence-corrected chi connectivity index (χ2v) is 5.03. The third-order valence-electron chi connectivity index (χ3n) is 2.15. The van der Waals surface area contributed by atoms with Gasteiger partial charge >= 0.3 is 5.97 Å². The number of carboxylic acid groups (broad SMARTS) is 1. The first-order valence-electron chi connectivity index (χ1n) is 5.21. The Balaban J connectivity index is 1.86. The molecule has 0 unspecified atom stereocenters. The summed E-state index contributed by atoms with van der Waals surface area (Å²) in [5.41, 5.74) is 0. The molecule has 18 heavy (non-hydrogen) atoms. The maximum absolute atomic E-state index is 10.7. The van der Waals surface area contributed by atoms with Crippen LogP contribution in [0.25, 0.3) is 0 Å². The van der Waals surface area contributed by atoms with E-state index in [9.17, 15) is 4.79 Å². The average Bonchev–Trinajstić information content (AvgIpc) is 2.78. The SMILES string of the molecule is O=C(O)c1cnc(CCOc2cccc(Cl)c2)s1. The van der Waals surface area contributed by atoms with Crippen LogP contribution in [0.5, 0.6) is 5.75 Å². The summed E-state index contributed by atoms with van der Waals surface area (Å²) in [6.07, 6.45) is 1.94. The second kappa shape index (κ2) is 5.84. The summed E-state index contributed by atoms with van der Waals surface area (Å²) in [5.74, 6) is -0.257. The number of hydrogen-bond acceptors (Lipinski definition) is 4. The molecule has 0 saturated heterocycles. The van der Waals surface area contributed by atoms with Gasteiger partial charge in [0.1, 0.15) is 10.6 Å². The Labute approximate surface area is 113 Å². The quantitative estimate of drug-likeness (QED) is 0.916. The van der Waals surface area contributed by atoms with E-state index in [2.05, 4.69) is 4.98 Å². The van der Waals surface area contributed by atoms with Gasteiger partial charge in [-0.3, -0.25) is 0 Å². The van der Waals surface area contributed by atoms with Crippen LogP contribution in [0.1, 0.15) is 14.7 Å². The van der Waals surface area contributed by atoms with Gasteiger partial charge in [-0.2, -0.15) is 0 Å². The minimum absolute atomic E-state index is 0.243. The number of benzene rings is 1. The van der Waals surface area contributed by atoms with Gasteiger partial charge < -0.3 is 9.84 Å². The van der Waals surface area contributed by atoms with Gasteiger partial charge in [-0.25, -0.2) is 9.78 Å². The monoisotopic (exact) mass is 283 g/mol. The lowest BCUT2D eigenvalue weighted by molar-refractivity contribution is 0.0702. The van der Waals surface area contributed by atoms with Gasteiger partial charge in [-0.05, 0) is 18.2 Å². The molecule has 6 heteroatoms. The molecule has 0 aliphatic heterocycles. The molecule has 1 aromatic heterocycles. The Morgan fingerprint density at radius 2 is 2.33 bits per heavy atom. The van der Waals surface area contributed by atoms with E-state index in [4.69, 9.17) is 21.4 Å². The zero-order valence-electron chi connectivity index (χ0n) is 9.30. The van der Waals surface area contributed by atoms with E-state index in [0.29, 0.717) is 23.8 Å². The van der Waals surface area contributed by atoms with Crippen molar-refractivity contribution in [2.45, 2.75) is 6.42 Å². The van der Waals surface area contributed by atoms with E-state index in [1.54, 1.807) is 12.1 Å². The molecular formula is C12H10ClNO3S. The number of thiazole rings is 1. The highest BCUT2D eigenvalue weighted by Gasteiger charge is 2.08. The van der Waals surface area contributed by atoms with Crippen molar-refractivity contribution in [2.75, 3.05) is 6.61 Å². The highest BCUT2D eigenvalue weighted by atomic mass is 35.5. The van der Waals surface area contributed by atoms with E-state index < -0.39 is 5.97 Å². The molecule has 0 aliphatic rings. The number of ether oxygens (including phenoxy) is 1. The lowest BCUT2D eigenvalue weighted by atomic mass is 10.3.